The summed E-state index contributed by atoms with van der Waals surface area (Å²) in [5.74, 6) is 1.58. The van der Waals surface area contributed by atoms with Gasteiger partial charge in [-0.2, -0.15) is 5.26 Å². The molecule has 0 spiro atoms. The van der Waals surface area contributed by atoms with E-state index in [2.05, 4.69) is 15.1 Å². The summed E-state index contributed by atoms with van der Waals surface area (Å²) in [6.45, 7) is 2.05. The van der Waals surface area contributed by atoms with Crippen LogP contribution in [0.5, 0.6) is 5.75 Å². The van der Waals surface area contributed by atoms with Gasteiger partial charge in [0.15, 0.2) is 11.5 Å². The highest BCUT2D eigenvalue weighted by atomic mass is 16.5. The Labute approximate surface area is 128 Å². The average molecular weight is 296 g/mol. The minimum atomic E-state index is -0.0405. The lowest BCUT2D eigenvalue weighted by Gasteiger charge is -2.33. The van der Waals surface area contributed by atoms with Crippen LogP contribution in [0.25, 0.3) is 0 Å². The number of hydrogen-bond donors (Lipinski definition) is 0. The van der Waals surface area contributed by atoms with Crippen molar-refractivity contribution >= 4 is 5.82 Å². The molecule has 1 saturated heterocycles. The van der Waals surface area contributed by atoms with Gasteiger partial charge in [-0.1, -0.05) is 12.1 Å². The van der Waals surface area contributed by atoms with Crippen molar-refractivity contribution in [1.29, 1.82) is 5.26 Å². The monoisotopic (exact) mass is 296 g/mol. The summed E-state index contributed by atoms with van der Waals surface area (Å²) in [6.07, 6.45) is -0.0405. The van der Waals surface area contributed by atoms with Crippen molar-refractivity contribution in [2.75, 3.05) is 31.7 Å². The van der Waals surface area contributed by atoms with E-state index in [9.17, 15) is 0 Å². The maximum atomic E-state index is 8.78. The molecule has 0 aliphatic carbocycles. The van der Waals surface area contributed by atoms with E-state index in [0.717, 1.165) is 23.7 Å². The van der Waals surface area contributed by atoms with E-state index >= 15 is 0 Å². The van der Waals surface area contributed by atoms with Crippen molar-refractivity contribution < 1.29 is 9.47 Å². The maximum Gasteiger partial charge on any atom is 0.163 e. The highest BCUT2D eigenvalue weighted by molar-refractivity contribution is 5.40. The van der Waals surface area contributed by atoms with Gasteiger partial charge in [0.2, 0.25) is 0 Å². The van der Waals surface area contributed by atoms with Crippen LogP contribution in [0.4, 0.5) is 5.82 Å². The minimum absolute atomic E-state index is 0.0405. The summed E-state index contributed by atoms with van der Waals surface area (Å²) in [5.41, 5.74) is 1.40. The van der Waals surface area contributed by atoms with E-state index in [1.807, 2.05) is 36.4 Å². The fourth-order valence-electron chi connectivity index (χ4n) is 2.45. The quantitative estimate of drug-likeness (QED) is 0.862. The summed E-state index contributed by atoms with van der Waals surface area (Å²) in [6, 6.07) is 13.4. The molecular formula is C16H16N4O2. The van der Waals surface area contributed by atoms with Gasteiger partial charge in [-0.25, -0.2) is 0 Å². The molecular weight excluding hydrogens is 280 g/mol. The van der Waals surface area contributed by atoms with Crippen LogP contribution in [0.3, 0.4) is 0 Å². The molecule has 22 heavy (non-hydrogen) atoms. The average Bonchev–Trinajstić information content (AvgIpc) is 2.62. The number of rotatable bonds is 3. The number of ether oxygens (including phenoxy) is 2. The van der Waals surface area contributed by atoms with Crippen LogP contribution in [-0.4, -0.2) is 37.0 Å². The number of benzene rings is 1. The third kappa shape index (κ3) is 3.00. The molecule has 1 unspecified atom stereocenters. The van der Waals surface area contributed by atoms with Gasteiger partial charge in [-0.05, 0) is 29.8 Å². The first-order valence-corrected chi connectivity index (χ1v) is 7.04. The summed E-state index contributed by atoms with van der Waals surface area (Å²) in [5, 5.41) is 16.8. The maximum absolute atomic E-state index is 8.78. The molecule has 1 fully saturated rings. The van der Waals surface area contributed by atoms with Gasteiger partial charge in [0, 0.05) is 13.1 Å². The van der Waals surface area contributed by atoms with Gasteiger partial charge in [0.25, 0.3) is 0 Å². The summed E-state index contributed by atoms with van der Waals surface area (Å²) in [7, 11) is 1.65. The number of nitrogens with zero attached hydrogens (tertiary/aromatic N) is 4. The minimum Gasteiger partial charge on any atom is -0.497 e. The molecule has 0 amide bonds. The fraction of sp³-hybridized carbons (Fsp3) is 0.312. The zero-order valence-electron chi connectivity index (χ0n) is 12.3. The van der Waals surface area contributed by atoms with Crippen LogP contribution in [0.2, 0.25) is 0 Å². The number of morpholine rings is 1. The molecule has 0 N–H and O–H groups in total. The lowest BCUT2D eigenvalue weighted by molar-refractivity contribution is 0.0393. The molecule has 0 bridgehead atoms. The van der Waals surface area contributed by atoms with Gasteiger partial charge < -0.3 is 14.4 Å². The van der Waals surface area contributed by atoms with Gasteiger partial charge >= 0.3 is 0 Å². The Balaban J connectivity index is 1.77. The van der Waals surface area contributed by atoms with Crippen LogP contribution >= 0.6 is 0 Å². The molecule has 1 atom stereocenters. The molecule has 0 radical (unpaired) electrons. The molecule has 0 saturated carbocycles. The molecule has 1 aromatic carbocycles. The summed E-state index contributed by atoms with van der Waals surface area (Å²) < 4.78 is 11.1. The van der Waals surface area contributed by atoms with Crippen molar-refractivity contribution in [1.82, 2.24) is 10.2 Å². The Hall–Kier alpha value is -2.65. The van der Waals surface area contributed by atoms with E-state index in [0.29, 0.717) is 18.8 Å². The molecule has 6 heteroatoms. The van der Waals surface area contributed by atoms with E-state index < -0.39 is 0 Å². The molecule has 2 heterocycles. The topological polar surface area (TPSA) is 71.3 Å². The van der Waals surface area contributed by atoms with Gasteiger partial charge in [-0.15, -0.1) is 10.2 Å². The number of aromatic nitrogens is 2. The Morgan fingerprint density at radius 2 is 2.23 bits per heavy atom. The van der Waals surface area contributed by atoms with Crippen molar-refractivity contribution in [3.8, 4) is 11.8 Å². The normalized spacial score (nSPS) is 17.8. The largest absolute Gasteiger partial charge is 0.497 e. The predicted molar refractivity (Wildman–Crippen MR) is 80.6 cm³/mol. The van der Waals surface area contributed by atoms with Crippen molar-refractivity contribution in [3.05, 3.63) is 47.7 Å². The number of methoxy groups -OCH3 is 1. The van der Waals surface area contributed by atoms with E-state index in [1.54, 1.807) is 13.2 Å². The third-order valence-corrected chi connectivity index (χ3v) is 3.62. The second-order valence-corrected chi connectivity index (χ2v) is 4.97. The lowest BCUT2D eigenvalue weighted by Crippen LogP contribution is -2.39. The molecule has 112 valence electrons. The molecule has 2 aromatic rings. The van der Waals surface area contributed by atoms with Crippen molar-refractivity contribution in [2.24, 2.45) is 0 Å². The van der Waals surface area contributed by atoms with Crippen LogP contribution < -0.4 is 9.64 Å². The Morgan fingerprint density at radius 3 is 2.95 bits per heavy atom. The predicted octanol–water partition coefficient (Wildman–Crippen LogP) is 1.93. The van der Waals surface area contributed by atoms with Crippen molar-refractivity contribution in [3.63, 3.8) is 0 Å². The summed E-state index contributed by atoms with van der Waals surface area (Å²) in [4.78, 5) is 2.11. The second kappa shape index (κ2) is 6.41. The molecule has 6 nitrogen and oxygen atoms in total. The Bertz CT molecular complexity index is 681. The Kier molecular flexibility index (Phi) is 4.17. The SMILES string of the molecule is COc1cccc(C2CN(c3ccc(C#N)nn3)CCO2)c1. The zero-order valence-corrected chi connectivity index (χ0v) is 12.3. The molecule has 3 rings (SSSR count). The highest BCUT2D eigenvalue weighted by Gasteiger charge is 2.23. The standard InChI is InChI=1S/C16H16N4O2/c1-21-14-4-2-3-12(9-14)15-11-20(7-8-22-15)16-6-5-13(10-17)18-19-16/h2-6,9,15H,7-8,11H2,1H3. The molecule has 1 aliphatic rings. The molecule has 1 aromatic heterocycles. The van der Waals surface area contributed by atoms with E-state index in [-0.39, 0.29) is 6.10 Å². The third-order valence-electron chi connectivity index (χ3n) is 3.62. The van der Waals surface area contributed by atoms with E-state index in [1.165, 1.54) is 0 Å². The second-order valence-electron chi connectivity index (χ2n) is 4.97. The first-order valence-electron chi connectivity index (χ1n) is 7.04. The summed E-state index contributed by atoms with van der Waals surface area (Å²) >= 11 is 0. The van der Waals surface area contributed by atoms with Crippen LogP contribution in [0.15, 0.2) is 36.4 Å². The highest BCUT2D eigenvalue weighted by Crippen LogP contribution is 2.27. The number of anilines is 1. The van der Waals surface area contributed by atoms with Crippen LogP contribution in [-0.2, 0) is 4.74 Å². The lowest BCUT2D eigenvalue weighted by atomic mass is 10.1. The van der Waals surface area contributed by atoms with Crippen LogP contribution in [0, 0.1) is 11.3 Å². The van der Waals surface area contributed by atoms with Crippen LogP contribution in [0.1, 0.15) is 17.4 Å². The first-order chi connectivity index (χ1) is 10.8. The fourth-order valence-corrected chi connectivity index (χ4v) is 2.45. The van der Waals surface area contributed by atoms with E-state index in [4.69, 9.17) is 14.7 Å². The Morgan fingerprint density at radius 1 is 1.32 bits per heavy atom. The first kappa shape index (κ1) is 14.3. The number of nitriles is 1. The van der Waals surface area contributed by atoms with Gasteiger partial charge in [0.1, 0.15) is 17.9 Å². The molecule has 1 aliphatic heterocycles. The zero-order chi connectivity index (χ0) is 15.4. The smallest absolute Gasteiger partial charge is 0.163 e. The van der Waals surface area contributed by atoms with Crippen molar-refractivity contribution in [2.45, 2.75) is 6.10 Å². The van der Waals surface area contributed by atoms with Gasteiger partial charge in [-0.3, -0.25) is 0 Å². The number of hydrogen-bond acceptors (Lipinski definition) is 6. The van der Waals surface area contributed by atoms with Gasteiger partial charge in [0.05, 0.1) is 13.7 Å².